The van der Waals surface area contributed by atoms with Gasteiger partial charge in [-0.3, -0.25) is 14.6 Å². The Balaban J connectivity index is 1.60. The minimum atomic E-state index is 0.461. The lowest BCUT2D eigenvalue weighted by Crippen LogP contribution is -2.31. The molecule has 26 heavy (non-hydrogen) atoms. The summed E-state index contributed by atoms with van der Waals surface area (Å²) in [5.41, 5.74) is 9.41. The third-order valence-electron chi connectivity index (χ3n) is 4.80. The van der Waals surface area contributed by atoms with Crippen LogP contribution >= 0.6 is 11.8 Å². The molecule has 0 atom stereocenters. The zero-order chi connectivity index (χ0) is 17.7. The number of aromatic nitrogens is 2. The zero-order valence-electron chi connectivity index (χ0n) is 14.3. The fourth-order valence-corrected chi connectivity index (χ4v) is 3.71. The molecule has 0 unspecified atom stereocenters. The molecule has 1 fully saturated rings. The first-order chi connectivity index (χ1) is 12.8. The number of imidazole rings is 1. The summed E-state index contributed by atoms with van der Waals surface area (Å²) in [6, 6.07) is 6.78. The van der Waals surface area contributed by atoms with Gasteiger partial charge in [-0.15, -0.1) is 11.8 Å². The van der Waals surface area contributed by atoms with Crippen LogP contribution in [0.5, 0.6) is 0 Å². The average Bonchev–Trinajstić information content (AvgIpc) is 3.30. The Labute approximate surface area is 155 Å². The number of thioether (sulfide) groups is 1. The molecule has 0 amide bonds. The second-order valence-electron chi connectivity index (χ2n) is 6.43. The van der Waals surface area contributed by atoms with Gasteiger partial charge >= 0.3 is 0 Å². The Morgan fingerprint density at radius 3 is 3.04 bits per heavy atom. The Morgan fingerprint density at radius 2 is 2.27 bits per heavy atom. The Bertz CT molecular complexity index is 931. The first kappa shape index (κ1) is 15.7. The van der Waals surface area contributed by atoms with E-state index in [0.29, 0.717) is 24.2 Å². The van der Waals surface area contributed by atoms with Crippen molar-refractivity contribution in [1.82, 2.24) is 25.6 Å². The molecule has 0 saturated heterocycles. The van der Waals surface area contributed by atoms with Crippen molar-refractivity contribution in [3.8, 4) is 5.69 Å². The van der Waals surface area contributed by atoms with Gasteiger partial charge in [0.25, 0.3) is 0 Å². The van der Waals surface area contributed by atoms with E-state index >= 15 is 0 Å². The molecule has 134 valence electrons. The van der Waals surface area contributed by atoms with E-state index in [4.69, 9.17) is 10.7 Å². The smallest absolute Gasteiger partial charge is 0.194 e. The molecule has 0 bridgehead atoms. The molecular formula is C17H19N7OS. The van der Waals surface area contributed by atoms with Crippen LogP contribution in [0, 0.1) is 0 Å². The lowest BCUT2D eigenvalue weighted by Gasteiger charge is -2.12. The first-order valence-corrected chi connectivity index (χ1v) is 9.70. The monoisotopic (exact) mass is 369 g/mol. The lowest BCUT2D eigenvalue weighted by atomic mass is 10.1. The molecule has 2 aliphatic heterocycles. The third-order valence-corrected chi connectivity index (χ3v) is 5.52. The highest BCUT2D eigenvalue weighted by molar-refractivity contribution is 7.98. The van der Waals surface area contributed by atoms with Crippen molar-refractivity contribution in [1.29, 1.82) is 0 Å². The van der Waals surface area contributed by atoms with Crippen molar-refractivity contribution in [2.75, 3.05) is 6.26 Å². The molecule has 8 nitrogen and oxygen atoms in total. The molecule has 1 aromatic heterocycles. The van der Waals surface area contributed by atoms with Crippen LogP contribution < -0.4 is 16.9 Å². The van der Waals surface area contributed by atoms with E-state index in [1.165, 1.54) is 12.8 Å². The van der Waals surface area contributed by atoms with Crippen LogP contribution in [0.25, 0.3) is 11.4 Å². The fraction of sp³-hybridized carbons (Fsp3) is 0.294. The number of nitrogens with zero attached hydrogens (tertiary/aromatic N) is 4. The third kappa shape index (κ3) is 2.47. The molecule has 3 aliphatic rings. The summed E-state index contributed by atoms with van der Waals surface area (Å²) in [6.45, 7) is 0.461. The first-order valence-electron chi connectivity index (χ1n) is 8.47. The number of hydrazine groups is 2. The maximum atomic E-state index is 5.74. The van der Waals surface area contributed by atoms with E-state index in [1.54, 1.807) is 11.8 Å². The predicted molar refractivity (Wildman–Crippen MR) is 100.0 cm³/mol. The number of fused-ring (bicyclic) bond motifs is 3. The minimum absolute atomic E-state index is 0.461. The van der Waals surface area contributed by atoms with E-state index < -0.39 is 0 Å². The molecule has 0 radical (unpaired) electrons. The van der Waals surface area contributed by atoms with Crippen LogP contribution in [0.2, 0.25) is 0 Å². The Kier molecular flexibility index (Phi) is 3.66. The van der Waals surface area contributed by atoms with Gasteiger partial charge in [0, 0.05) is 16.5 Å². The van der Waals surface area contributed by atoms with Gasteiger partial charge in [-0.05, 0) is 37.3 Å². The van der Waals surface area contributed by atoms with Crippen molar-refractivity contribution in [2.45, 2.75) is 30.3 Å². The SMILES string of the molecule is CSc1ccc2c(c1)C(NN)=NCc1c(C3=CN(C4CC4)NO3)ncn1-2. The second kappa shape index (κ2) is 6.04. The zero-order valence-corrected chi connectivity index (χ0v) is 15.1. The summed E-state index contributed by atoms with van der Waals surface area (Å²) in [6.07, 6.45) is 8.22. The minimum Gasteiger partial charge on any atom is -0.385 e. The molecule has 1 aromatic carbocycles. The molecule has 1 saturated carbocycles. The van der Waals surface area contributed by atoms with Crippen LogP contribution in [0.1, 0.15) is 29.8 Å². The predicted octanol–water partition coefficient (Wildman–Crippen LogP) is 1.53. The number of nitrogens with two attached hydrogens (primary N) is 1. The van der Waals surface area contributed by atoms with Gasteiger partial charge in [0.1, 0.15) is 17.9 Å². The van der Waals surface area contributed by atoms with E-state index in [-0.39, 0.29) is 0 Å². The van der Waals surface area contributed by atoms with Gasteiger partial charge in [-0.1, -0.05) is 5.59 Å². The quantitative estimate of drug-likeness (QED) is 0.429. The molecule has 4 N–H and O–H groups in total. The summed E-state index contributed by atoms with van der Waals surface area (Å²) in [7, 11) is 0. The molecule has 9 heteroatoms. The van der Waals surface area contributed by atoms with Crippen LogP contribution in [0.15, 0.2) is 40.6 Å². The molecule has 0 spiro atoms. The van der Waals surface area contributed by atoms with Crippen molar-refractivity contribution in [3.05, 3.63) is 47.7 Å². The van der Waals surface area contributed by atoms with Gasteiger partial charge in [-0.2, -0.15) is 0 Å². The lowest BCUT2D eigenvalue weighted by molar-refractivity contribution is 0.0419. The molecule has 5 rings (SSSR count). The standard InChI is InChI=1S/C17H19N7OS/c1-26-11-4-5-13-12(6-11)17(21-18)19-7-14-16(20-9-23(13)14)15-8-24(22-25-15)10-2-3-10/h4-6,8-10,22H,2-3,7,18H2,1H3,(H,19,21). The molecular weight excluding hydrogens is 350 g/mol. The number of benzene rings is 1. The highest BCUT2D eigenvalue weighted by Gasteiger charge is 2.33. The molecule has 1 aliphatic carbocycles. The summed E-state index contributed by atoms with van der Waals surface area (Å²) >= 11 is 1.69. The van der Waals surface area contributed by atoms with Crippen molar-refractivity contribution < 1.29 is 4.84 Å². The van der Waals surface area contributed by atoms with Crippen molar-refractivity contribution >= 4 is 23.4 Å². The summed E-state index contributed by atoms with van der Waals surface area (Å²) < 4.78 is 2.06. The van der Waals surface area contributed by atoms with Gasteiger partial charge < -0.3 is 10.3 Å². The van der Waals surface area contributed by atoms with Gasteiger partial charge in [0.2, 0.25) is 0 Å². The number of aliphatic imine (C=N–C) groups is 1. The maximum absolute atomic E-state index is 5.74. The maximum Gasteiger partial charge on any atom is 0.194 e. The number of rotatable bonds is 3. The topological polar surface area (TPSA) is 92.7 Å². The second-order valence-corrected chi connectivity index (χ2v) is 7.31. The molecule has 3 heterocycles. The van der Waals surface area contributed by atoms with Crippen LogP contribution in [0.4, 0.5) is 0 Å². The van der Waals surface area contributed by atoms with E-state index in [2.05, 4.69) is 43.8 Å². The van der Waals surface area contributed by atoms with Gasteiger partial charge in [-0.25, -0.2) is 10.8 Å². The number of nitrogens with one attached hydrogen (secondary N) is 2. The van der Waals surface area contributed by atoms with Crippen LogP contribution in [-0.2, 0) is 11.4 Å². The van der Waals surface area contributed by atoms with Gasteiger partial charge in [0.05, 0.1) is 24.1 Å². The summed E-state index contributed by atoms with van der Waals surface area (Å²) in [5.74, 6) is 7.12. The van der Waals surface area contributed by atoms with Crippen molar-refractivity contribution in [3.63, 3.8) is 0 Å². The number of hydrogen-bond donors (Lipinski definition) is 3. The van der Waals surface area contributed by atoms with E-state index in [1.807, 2.05) is 23.8 Å². The molecule has 2 aromatic rings. The highest BCUT2D eigenvalue weighted by Crippen LogP contribution is 2.33. The summed E-state index contributed by atoms with van der Waals surface area (Å²) in [5, 5.41) is 2.01. The number of amidine groups is 1. The highest BCUT2D eigenvalue weighted by atomic mass is 32.2. The Morgan fingerprint density at radius 1 is 1.38 bits per heavy atom. The number of hydrogen-bond acceptors (Lipinski definition) is 8. The largest absolute Gasteiger partial charge is 0.385 e. The Hall–Kier alpha value is -2.49. The fourth-order valence-electron chi connectivity index (χ4n) is 3.27. The van der Waals surface area contributed by atoms with E-state index in [0.717, 1.165) is 27.5 Å². The normalized spacial score (nSPS) is 18.5. The summed E-state index contributed by atoms with van der Waals surface area (Å²) in [4.78, 5) is 16.1. The van der Waals surface area contributed by atoms with Crippen molar-refractivity contribution in [2.24, 2.45) is 10.8 Å². The van der Waals surface area contributed by atoms with E-state index in [9.17, 15) is 0 Å². The average molecular weight is 369 g/mol. The van der Waals surface area contributed by atoms with Crippen LogP contribution in [-0.4, -0.2) is 32.7 Å². The van der Waals surface area contributed by atoms with Crippen LogP contribution in [0.3, 0.4) is 0 Å². The van der Waals surface area contributed by atoms with Gasteiger partial charge in [0.15, 0.2) is 5.76 Å².